The summed E-state index contributed by atoms with van der Waals surface area (Å²) >= 11 is 1.35. The van der Waals surface area contributed by atoms with Crippen LogP contribution in [-0.4, -0.2) is 66.1 Å². The number of nitrogens with zero attached hydrogens (tertiary/aromatic N) is 6. The van der Waals surface area contributed by atoms with E-state index >= 15 is 4.39 Å². The van der Waals surface area contributed by atoms with Crippen molar-refractivity contribution in [2.75, 3.05) is 11.2 Å². The molecule has 1 aliphatic carbocycles. The van der Waals surface area contributed by atoms with Crippen LogP contribution < -0.4 is 10.2 Å². The zero-order chi connectivity index (χ0) is 26.7. The molecule has 11 heteroatoms. The fourth-order valence-corrected chi connectivity index (χ4v) is 6.63. The third kappa shape index (κ3) is 4.49. The molecule has 8 nitrogen and oxygen atoms in total. The molecule has 3 aromatic rings. The Morgan fingerprint density at radius 1 is 1.08 bits per heavy atom. The highest BCUT2D eigenvalue weighted by Crippen LogP contribution is 2.46. The lowest BCUT2D eigenvalue weighted by Crippen LogP contribution is -2.73. The van der Waals surface area contributed by atoms with E-state index in [0.29, 0.717) is 34.2 Å². The van der Waals surface area contributed by atoms with Crippen LogP contribution in [0.2, 0.25) is 0 Å². The van der Waals surface area contributed by atoms with Gasteiger partial charge in [0.2, 0.25) is 11.9 Å². The second-order valence-corrected chi connectivity index (χ2v) is 12.1. The number of hydrogen-bond acceptors (Lipinski definition) is 9. The molecule has 4 heterocycles. The van der Waals surface area contributed by atoms with Crippen molar-refractivity contribution in [1.29, 1.82) is 0 Å². The van der Waals surface area contributed by atoms with E-state index in [0.717, 1.165) is 32.1 Å². The van der Waals surface area contributed by atoms with Gasteiger partial charge >= 0.3 is 0 Å². The molecule has 0 radical (unpaired) electrons. The van der Waals surface area contributed by atoms with Crippen molar-refractivity contribution in [2.24, 2.45) is 0 Å². The lowest BCUT2D eigenvalue weighted by atomic mass is 9.68. The second-order valence-electron chi connectivity index (χ2n) is 11.2. The molecule has 2 N–H and O–H groups in total. The zero-order valence-corrected chi connectivity index (χ0v) is 22.5. The lowest BCUT2D eigenvalue weighted by molar-refractivity contribution is 0.0000874. The van der Waals surface area contributed by atoms with Crippen LogP contribution in [0.1, 0.15) is 52.4 Å². The fourth-order valence-electron chi connectivity index (χ4n) is 6.27. The quantitative estimate of drug-likeness (QED) is 0.422. The Balaban J connectivity index is 1.28. The molecule has 3 aliphatic rings. The molecule has 2 saturated heterocycles. The number of thioether (sulfide) groups is 1. The summed E-state index contributed by atoms with van der Waals surface area (Å²) in [7, 11) is 0. The SMILES string of the molecule is CSc1cc(-c2ccc(-c3cnc(N(C4CC4)[C@@H]4C[C@@]5(C)CCC[C@](C)(N5)[C@@H]4F)nn3)c(O)c2)c(F)nn1. The van der Waals surface area contributed by atoms with Gasteiger partial charge in [0.1, 0.15) is 22.6 Å². The first-order valence-corrected chi connectivity index (χ1v) is 14.2. The van der Waals surface area contributed by atoms with Gasteiger partial charge in [0.25, 0.3) is 0 Å². The number of phenolic OH excluding ortho intramolecular Hbond substituents is 1. The first kappa shape index (κ1) is 25.4. The summed E-state index contributed by atoms with van der Waals surface area (Å²) in [4.78, 5) is 6.65. The number of aromatic hydroxyl groups is 1. The van der Waals surface area contributed by atoms with Crippen molar-refractivity contribution in [1.82, 2.24) is 30.7 Å². The Morgan fingerprint density at radius 2 is 1.89 bits per heavy atom. The van der Waals surface area contributed by atoms with Gasteiger partial charge in [-0.2, -0.15) is 4.39 Å². The highest BCUT2D eigenvalue weighted by molar-refractivity contribution is 7.98. The maximum absolute atomic E-state index is 16.0. The Morgan fingerprint density at radius 3 is 2.58 bits per heavy atom. The minimum Gasteiger partial charge on any atom is -0.507 e. The van der Waals surface area contributed by atoms with Crippen LogP contribution >= 0.6 is 11.8 Å². The number of fused-ring (bicyclic) bond motifs is 2. The molecule has 1 aromatic carbocycles. The molecule has 0 amide bonds. The average Bonchev–Trinajstić information content (AvgIpc) is 3.73. The van der Waals surface area contributed by atoms with Crippen molar-refractivity contribution in [3.63, 3.8) is 0 Å². The molecule has 200 valence electrons. The third-order valence-electron chi connectivity index (χ3n) is 8.22. The second kappa shape index (κ2) is 9.37. The number of anilines is 1. The Hall–Kier alpha value is -2.92. The highest BCUT2D eigenvalue weighted by atomic mass is 32.2. The number of rotatable bonds is 6. The van der Waals surface area contributed by atoms with Crippen LogP contribution in [0.25, 0.3) is 22.4 Å². The summed E-state index contributed by atoms with van der Waals surface area (Å²) in [6, 6.07) is 6.29. The number of phenols is 1. The highest BCUT2D eigenvalue weighted by Gasteiger charge is 2.56. The molecule has 2 aliphatic heterocycles. The molecule has 1 saturated carbocycles. The van der Waals surface area contributed by atoms with Gasteiger partial charge in [-0.1, -0.05) is 6.07 Å². The minimum absolute atomic E-state index is 0.0804. The van der Waals surface area contributed by atoms with Gasteiger partial charge in [0.05, 0.1) is 12.2 Å². The third-order valence-corrected chi connectivity index (χ3v) is 8.83. The van der Waals surface area contributed by atoms with Gasteiger partial charge < -0.3 is 15.3 Å². The molecule has 4 atom stereocenters. The number of benzene rings is 1. The molecule has 3 fully saturated rings. The van der Waals surface area contributed by atoms with E-state index in [1.54, 1.807) is 24.4 Å². The normalized spacial score (nSPS) is 28.8. The van der Waals surface area contributed by atoms with E-state index < -0.39 is 17.7 Å². The molecule has 6 rings (SSSR count). The topological polar surface area (TPSA) is 100.0 Å². The minimum atomic E-state index is -1.05. The lowest BCUT2D eigenvalue weighted by Gasteiger charge is -2.57. The summed E-state index contributed by atoms with van der Waals surface area (Å²) in [5, 5.41) is 31.1. The van der Waals surface area contributed by atoms with Gasteiger partial charge in [0.15, 0.2) is 0 Å². The van der Waals surface area contributed by atoms with Crippen LogP contribution in [0.4, 0.5) is 14.7 Å². The Kier molecular flexibility index (Phi) is 6.26. The van der Waals surface area contributed by atoms with Crippen LogP contribution in [0.3, 0.4) is 0 Å². The summed E-state index contributed by atoms with van der Waals surface area (Å²) in [6.45, 7) is 4.19. The van der Waals surface area contributed by atoms with Crippen molar-refractivity contribution in [2.45, 2.75) is 86.7 Å². The van der Waals surface area contributed by atoms with Gasteiger partial charge in [-0.05, 0) is 82.4 Å². The van der Waals surface area contributed by atoms with Crippen molar-refractivity contribution in [3.8, 4) is 28.1 Å². The molecule has 0 spiro atoms. The summed E-state index contributed by atoms with van der Waals surface area (Å²) in [5.41, 5.74) is 0.841. The van der Waals surface area contributed by atoms with Crippen molar-refractivity contribution in [3.05, 3.63) is 36.4 Å². The predicted molar refractivity (Wildman–Crippen MR) is 142 cm³/mol. The van der Waals surface area contributed by atoms with Gasteiger partial charge in [-0.25, -0.2) is 9.37 Å². The van der Waals surface area contributed by atoms with E-state index in [1.165, 1.54) is 17.8 Å². The molecule has 2 bridgehead atoms. The van der Waals surface area contributed by atoms with Crippen LogP contribution in [0, 0.1) is 5.95 Å². The van der Waals surface area contributed by atoms with Gasteiger partial charge in [-0.15, -0.1) is 32.2 Å². The maximum Gasteiger partial charge on any atom is 0.245 e. The fraction of sp³-hybridized carbons (Fsp3) is 0.519. The summed E-state index contributed by atoms with van der Waals surface area (Å²) in [5.74, 6) is -0.373. The van der Waals surface area contributed by atoms with Crippen LogP contribution in [0.15, 0.2) is 35.5 Å². The number of aromatic nitrogens is 5. The van der Waals surface area contributed by atoms with Crippen molar-refractivity contribution < 1.29 is 13.9 Å². The molecular weight excluding hydrogens is 508 g/mol. The average molecular weight is 540 g/mol. The van der Waals surface area contributed by atoms with Crippen LogP contribution in [0.5, 0.6) is 5.75 Å². The first-order valence-electron chi connectivity index (χ1n) is 13.0. The zero-order valence-electron chi connectivity index (χ0n) is 21.7. The molecular formula is C27H31F2N7OS. The van der Waals surface area contributed by atoms with Crippen molar-refractivity contribution >= 4 is 17.7 Å². The van der Waals surface area contributed by atoms with Gasteiger partial charge in [-0.3, -0.25) is 0 Å². The van der Waals surface area contributed by atoms with E-state index in [4.69, 9.17) is 0 Å². The summed E-state index contributed by atoms with van der Waals surface area (Å²) < 4.78 is 30.3. The maximum atomic E-state index is 16.0. The predicted octanol–water partition coefficient (Wildman–Crippen LogP) is 4.93. The smallest absolute Gasteiger partial charge is 0.245 e. The standard InChI is InChI=1S/C27H31F2N7OS/c1-26-9-4-10-27(2,35-26)23(28)20(13-26)36(16-6-7-16)25-30-14-19(31-34-25)17-8-5-15(11-21(17)37)18-12-22(38-3)32-33-24(18)29/h5,8,11-12,14,16,20,23,35,37H,4,6-7,9-10,13H2,1-3H3/t20-,23-,26-,27+/m1/s1. The van der Waals surface area contributed by atoms with Crippen LogP contribution in [-0.2, 0) is 0 Å². The monoisotopic (exact) mass is 539 g/mol. The number of nitrogens with one attached hydrogen (secondary N) is 1. The molecule has 38 heavy (non-hydrogen) atoms. The summed E-state index contributed by atoms with van der Waals surface area (Å²) in [6.07, 6.45) is 7.85. The number of alkyl halides is 1. The largest absolute Gasteiger partial charge is 0.507 e. The molecule has 0 unspecified atom stereocenters. The van der Waals surface area contributed by atoms with E-state index in [-0.39, 0.29) is 28.9 Å². The van der Waals surface area contributed by atoms with E-state index in [2.05, 4.69) is 42.5 Å². The molecule has 2 aromatic heterocycles. The van der Waals surface area contributed by atoms with Gasteiger partial charge in [0, 0.05) is 28.2 Å². The number of hydrogen-bond donors (Lipinski definition) is 2. The Bertz CT molecular complexity index is 1360. The first-order chi connectivity index (χ1) is 18.2. The number of piperidine rings is 2. The van der Waals surface area contributed by atoms with E-state index in [1.807, 2.05) is 13.2 Å². The number of halogens is 2. The Labute approximate surface area is 224 Å². The van der Waals surface area contributed by atoms with E-state index in [9.17, 15) is 9.50 Å².